The first-order valence-electron chi connectivity index (χ1n) is 4.08. The average molecular weight is 158 g/mol. The molecule has 1 atom stereocenters. The number of aliphatic hydroxyl groups excluding tert-OH is 1. The molecule has 3 heteroatoms. The third-order valence-electron chi connectivity index (χ3n) is 2.24. The molecule has 0 aromatic carbocycles. The summed E-state index contributed by atoms with van der Waals surface area (Å²) in [4.78, 5) is 10.1. The Morgan fingerprint density at radius 2 is 2.18 bits per heavy atom. The van der Waals surface area contributed by atoms with Crippen LogP contribution >= 0.6 is 0 Å². The summed E-state index contributed by atoms with van der Waals surface area (Å²) in [5.41, 5.74) is 0. The molecule has 1 aliphatic carbocycles. The van der Waals surface area contributed by atoms with Crippen LogP contribution in [0, 0.1) is 5.92 Å². The zero-order valence-corrected chi connectivity index (χ0v) is 6.49. The van der Waals surface area contributed by atoms with Gasteiger partial charge in [-0.2, -0.15) is 0 Å². The minimum absolute atomic E-state index is 0.101. The number of aliphatic hydroxyl groups is 1. The minimum Gasteiger partial charge on any atom is -0.481 e. The molecule has 0 amide bonds. The van der Waals surface area contributed by atoms with Crippen molar-refractivity contribution in [3.63, 3.8) is 0 Å². The van der Waals surface area contributed by atoms with Crippen LogP contribution in [0.5, 0.6) is 0 Å². The second-order valence-electron chi connectivity index (χ2n) is 3.28. The monoisotopic (exact) mass is 158 g/mol. The van der Waals surface area contributed by atoms with Crippen LogP contribution in [-0.4, -0.2) is 22.3 Å². The summed E-state index contributed by atoms with van der Waals surface area (Å²) in [5, 5.41) is 17.5. The zero-order chi connectivity index (χ0) is 8.27. The summed E-state index contributed by atoms with van der Waals surface area (Å²) in [6.07, 6.45) is 3.51. The number of carbonyl (C=O) groups is 1. The van der Waals surface area contributed by atoms with Crippen molar-refractivity contribution in [1.29, 1.82) is 0 Å². The van der Waals surface area contributed by atoms with E-state index in [4.69, 9.17) is 5.11 Å². The fourth-order valence-electron chi connectivity index (χ4n) is 1.40. The molecule has 0 bridgehead atoms. The molecule has 0 aromatic heterocycles. The Hall–Kier alpha value is -0.570. The van der Waals surface area contributed by atoms with E-state index in [9.17, 15) is 9.90 Å². The molecule has 2 N–H and O–H groups in total. The number of rotatable bonds is 4. The molecule has 0 saturated heterocycles. The molecule has 1 fully saturated rings. The van der Waals surface area contributed by atoms with Crippen LogP contribution in [-0.2, 0) is 4.79 Å². The van der Waals surface area contributed by atoms with Gasteiger partial charge in [0.15, 0.2) is 0 Å². The van der Waals surface area contributed by atoms with Crippen molar-refractivity contribution in [2.75, 3.05) is 0 Å². The van der Waals surface area contributed by atoms with E-state index in [2.05, 4.69) is 0 Å². The number of carboxylic acids is 1. The third kappa shape index (κ3) is 2.89. The van der Waals surface area contributed by atoms with Gasteiger partial charge in [0.25, 0.3) is 0 Å². The molecule has 0 radical (unpaired) electrons. The summed E-state index contributed by atoms with van der Waals surface area (Å²) in [6.45, 7) is 0. The SMILES string of the molecule is O=C(O)CC(O)CC1CCC1. The number of hydrogen-bond donors (Lipinski definition) is 2. The summed E-state index contributed by atoms with van der Waals surface area (Å²) >= 11 is 0. The Morgan fingerprint density at radius 3 is 2.55 bits per heavy atom. The smallest absolute Gasteiger partial charge is 0.305 e. The van der Waals surface area contributed by atoms with E-state index in [-0.39, 0.29) is 6.42 Å². The molecule has 11 heavy (non-hydrogen) atoms. The van der Waals surface area contributed by atoms with Crippen molar-refractivity contribution in [3.8, 4) is 0 Å². The van der Waals surface area contributed by atoms with Crippen LogP contribution in [0.3, 0.4) is 0 Å². The Morgan fingerprint density at radius 1 is 1.55 bits per heavy atom. The van der Waals surface area contributed by atoms with Gasteiger partial charge in [-0.1, -0.05) is 19.3 Å². The van der Waals surface area contributed by atoms with Gasteiger partial charge in [-0.3, -0.25) is 4.79 Å². The summed E-state index contributed by atoms with van der Waals surface area (Å²) in [5.74, 6) is -0.318. The fraction of sp³-hybridized carbons (Fsp3) is 0.875. The molecular weight excluding hydrogens is 144 g/mol. The summed E-state index contributed by atoms with van der Waals surface area (Å²) in [7, 11) is 0. The Labute approximate surface area is 66.0 Å². The Kier molecular flexibility index (Phi) is 2.88. The molecule has 0 spiro atoms. The van der Waals surface area contributed by atoms with E-state index in [1.165, 1.54) is 6.42 Å². The van der Waals surface area contributed by atoms with Gasteiger partial charge >= 0.3 is 5.97 Å². The molecule has 0 heterocycles. The standard InChI is InChI=1S/C8H14O3/c9-7(5-8(10)11)4-6-2-1-3-6/h6-7,9H,1-5H2,(H,10,11). The molecule has 1 aliphatic rings. The van der Waals surface area contributed by atoms with Gasteiger partial charge in [-0.05, 0) is 12.3 Å². The Bertz CT molecular complexity index is 140. The number of aliphatic carboxylic acids is 1. The van der Waals surface area contributed by atoms with Crippen molar-refractivity contribution >= 4 is 5.97 Å². The maximum absolute atomic E-state index is 10.1. The van der Waals surface area contributed by atoms with Crippen molar-refractivity contribution in [2.45, 2.75) is 38.2 Å². The first-order valence-corrected chi connectivity index (χ1v) is 4.08. The maximum Gasteiger partial charge on any atom is 0.305 e. The van der Waals surface area contributed by atoms with E-state index in [0.717, 1.165) is 12.8 Å². The topological polar surface area (TPSA) is 57.5 Å². The van der Waals surface area contributed by atoms with E-state index < -0.39 is 12.1 Å². The largest absolute Gasteiger partial charge is 0.481 e. The summed E-state index contributed by atoms with van der Waals surface area (Å²) in [6, 6.07) is 0. The van der Waals surface area contributed by atoms with Gasteiger partial charge in [-0.25, -0.2) is 0 Å². The van der Waals surface area contributed by atoms with Crippen LogP contribution in [0.4, 0.5) is 0 Å². The molecule has 1 rings (SSSR count). The highest BCUT2D eigenvalue weighted by Gasteiger charge is 2.21. The van der Waals surface area contributed by atoms with Crippen molar-refractivity contribution in [3.05, 3.63) is 0 Å². The van der Waals surface area contributed by atoms with Crippen molar-refractivity contribution in [1.82, 2.24) is 0 Å². The van der Waals surface area contributed by atoms with Crippen LogP contribution in [0.2, 0.25) is 0 Å². The van der Waals surface area contributed by atoms with Gasteiger partial charge in [0.1, 0.15) is 0 Å². The van der Waals surface area contributed by atoms with E-state index in [1.54, 1.807) is 0 Å². The lowest BCUT2D eigenvalue weighted by Crippen LogP contribution is -2.21. The molecule has 0 aromatic rings. The van der Waals surface area contributed by atoms with Gasteiger partial charge in [0.2, 0.25) is 0 Å². The van der Waals surface area contributed by atoms with Crippen LogP contribution in [0.15, 0.2) is 0 Å². The van der Waals surface area contributed by atoms with Gasteiger partial charge in [0.05, 0.1) is 12.5 Å². The van der Waals surface area contributed by atoms with Crippen LogP contribution in [0.1, 0.15) is 32.1 Å². The lowest BCUT2D eigenvalue weighted by atomic mass is 9.81. The first-order chi connectivity index (χ1) is 5.18. The fourth-order valence-corrected chi connectivity index (χ4v) is 1.40. The molecule has 0 aliphatic heterocycles. The highest BCUT2D eigenvalue weighted by Crippen LogP contribution is 2.30. The predicted molar refractivity (Wildman–Crippen MR) is 40.2 cm³/mol. The number of carboxylic acid groups (broad SMARTS) is 1. The summed E-state index contributed by atoms with van der Waals surface area (Å²) < 4.78 is 0. The molecule has 3 nitrogen and oxygen atoms in total. The quantitative estimate of drug-likeness (QED) is 0.642. The van der Waals surface area contributed by atoms with Crippen molar-refractivity contribution in [2.24, 2.45) is 5.92 Å². The number of hydrogen-bond acceptors (Lipinski definition) is 2. The first kappa shape index (κ1) is 8.53. The van der Waals surface area contributed by atoms with Crippen LogP contribution < -0.4 is 0 Å². The van der Waals surface area contributed by atoms with Crippen molar-refractivity contribution < 1.29 is 15.0 Å². The van der Waals surface area contributed by atoms with Gasteiger partial charge in [-0.15, -0.1) is 0 Å². The minimum atomic E-state index is -0.906. The average Bonchev–Trinajstić information content (AvgIpc) is 1.77. The second kappa shape index (κ2) is 3.72. The van der Waals surface area contributed by atoms with Crippen LogP contribution in [0.25, 0.3) is 0 Å². The van der Waals surface area contributed by atoms with Gasteiger partial charge in [0, 0.05) is 0 Å². The van der Waals surface area contributed by atoms with E-state index in [0.29, 0.717) is 12.3 Å². The molecule has 1 saturated carbocycles. The highest BCUT2D eigenvalue weighted by atomic mass is 16.4. The Balaban J connectivity index is 2.09. The molecule has 1 unspecified atom stereocenters. The predicted octanol–water partition coefficient (Wildman–Crippen LogP) is 1.01. The lowest BCUT2D eigenvalue weighted by Gasteiger charge is -2.26. The second-order valence-corrected chi connectivity index (χ2v) is 3.28. The molecule has 64 valence electrons. The highest BCUT2D eigenvalue weighted by molar-refractivity contribution is 5.67. The lowest BCUT2D eigenvalue weighted by molar-refractivity contribution is -0.139. The normalized spacial score (nSPS) is 20.8. The van der Waals surface area contributed by atoms with E-state index in [1.807, 2.05) is 0 Å². The maximum atomic E-state index is 10.1. The van der Waals surface area contributed by atoms with Gasteiger partial charge < -0.3 is 10.2 Å². The zero-order valence-electron chi connectivity index (χ0n) is 6.49. The third-order valence-corrected chi connectivity index (χ3v) is 2.24. The van der Waals surface area contributed by atoms with E-state index >= 15 is 0 Å². The molecular formula is C8H14O3.